The first kappa shape index (κ1) is 16.4. The van der Waals surface area contributed by atoms with Crippen LogP contribution in [0.25, 0.3) is 0 Å². The highest BCUT2D eigenvalue weighted by Crippen LogP contribution is 2.16. The monoisotopic (exact) mass is 314 g/mol. The average molecular weight is 314 g/mol. The fraction of sp³-hybridized carbons (Fsp3) is 0.600. The van der Waals surface area contributed by atoms with E-state index in [9.17, 15) is 12.8 Å². The topological polar surface area (TPSA) is 58.2 Å². The Balaban J connectivity index is 1.69. The Kier molecular flexibility index (Phi) is 6.14. The molecule has 1 heterocycles. The number of rotatable bonds is 7. The van der Waals surface area contributed by atoms with Crippen molar-refractivity contribution in [2.45, 2.75) is 25.7 Å². The molecule has 4 nitrogen and oxygen atoms in total. The van der Waals surface area contributed by atoms with E-state index < -0.39 is 10.0 Å². The molecule has 0 bridgehead atoms. The van der Waals surface area contributed by atoms with Crippen LogP contribution in [-0.4, -0.2) is 33.8 Å². The van der Waals surface area contributed by atoms with Gasteiger partial charge in [0.25, 0.3) is 0 Å². The van der Waals surface area contributed by atoms with Crippen LogP contribution in [0.5, 0.6) is 0 Å². The van der Waals surface area contributed by atoms with Crippen LogP contribution in [0.3, 0.4) is 0 Å². The van der Waals surface area contributed by atoms with E-state index in [1.165, 1.54) is 12.1 Å². The Hall–Kier alpha value is -0.980. The number of sulfonamides is 1. The zero-order valence-corrected chi connectivity index (χ0v) is 13.0. The molecule has 1 aliphatic heterocycles. The highest BCUT2D eigenvalue weighted by molar-refractivity contribution is 7.89. The van der Waals surface area contributed by atoms with Crippen molar-refractivity contribution >= 4 is 10.0 Å². The molecule has 2 rings (SSSR count). The zero-order chi connectivity index (χ0) is 15.1. The Morgan fingerprint density at radius 3 is 2.52 bits per heavy atom. The third kappa shape index (κ3) is 6.11. The number of nitrogens with one attached hydrogen (secondary N) is 2. The van der Waals surface area contributed by atoms with Crippen molar-refractivity contribution in [2.24, 2.45) is 5.92 Å². The van der Waals surface area contributed by atoms with Crippen LogP contribution in [-0.2, 0) is 16.4 Å². The Morgan fingerprint density at radius 1 is 1.19 bits per heavy atom. The van der Waals surface area contributed by atoms with E-state index in [1.54, 1.807) is 12.1 Å². The summed E-state index contributed by atoms with van der Waals surface area (Å²) < 4.78 is 39.2. The maximum absolute atomic E-state index is 12.8. The molecule has 0 spiro atoms. The molecule has 1 aromatic rings. The van der Waals surface area contributed by atoms with Gasteiger partial charge in [0.2, 0.25) is 10.0 Å². The highest BCUT2D eigenvalue weighted by Gasteiger charge is 2.17. The minimum Gasteiger partial charge on any atom is -0.317 e. The second-order valence-electron chi connectivity index (χ2n) is 5.57. The number of benzene rings is 1. The molecule has 1 fully saturated rings. The van der Waals surface area contributed by atoms with Gasteiger partial charge in [-0.3, -0.25) is 0 Å². The lowest BCUT2D eigenvalue weighted by molar-refractivity contribution is 0.365. The van der Waals surface area contributed by atoms with Crippen LogP contribution in [0.15, 0.2) is 24.3 Å². The van der Waals surface area contributed by atoms with Crippen LogP contribution >= 0.6 is 0 Å². The van der Waals surface area contributed by atoms with E-state index in [0.717, 1.165) is 37.9 Å². The summed E-state index contributed by atoms with van der Waals surface area (Å²) in [6.07, 6.45) is 3.43. The third-order valence-corrected chi connectivity index (χ3v) is 5.32. The average Bonchev–Trinajstić information content (AvgIpc) is 2.48. The van der Waals surface area contributed by atoms with Gasteiger partial charge in [-0.1, -0.05) is 12.1 Å². The van der Waals surface area contributed by atoms with Gasteiger partial charge in [0.05, 0.1) is 5.75 Å². The quantitative estimate of drug-likeness (QED) is 0.805. The van der Waals surface area contributed by atoms with Crippen molar-refractivity contribution in [3.05, 3.63) is 35.6 Å². The van der Waals surface area contributed by atoms with Gasteiger partial charge >= 0.3 is 0 Å². The van der Waals surface area contributed by atoms with E-state index >= 15 is 0 Å². The summed E-state index contributed by atoms with van der Waals surface area (Å²) in [5, 5.41) is 3.28. The minimum absolute atomic E-state index is 0.196. The maximum Gasteiger partial charge on any atom is 0.211 e. The molecule has 1 aromatic carbocycles. The van der Waals surface area contributed by atoms with E-state index in [-0.39, 0.29) is 11.6 Å². The summed E-state index contributed by atoms with van der Waals surface area (Å²) in [6.45, 7) is 2.34. The van der Waals surface area contributed by atoms with Crippen LogP contribution in [0.2, 0.25) is 0 Å². The van der Waals surface area contributed by atoms with Crippen LogP contribution in [0, 0.1) is 11.7 Å². The van der Waals surface area contributed by atoms with Gasteiger partial charge in [-0.25, -0.2) is 17.5 Å². The van der Waals surface area contributed by atoms with Gasteiger partial charge in [0.1, 0.15) is 5.82 Å². The van der Waals surface area contributed by atoms with Crippen molar-refractivity contribution in [3.63, 3.8) is 0 Å². The van der Waals surface area contributed by atoms with Crippen LogP contribution in [0.4, 0.5) is 4.39 Å². The fourth-order valence-corrected chi connectivity index (χ4v) is 3.77. The molecular weight excluding hydrogens is 291 g/mol. The molecule has 0 radical (unpaired) electrons. The molecule has 0 unspecified atom stereocenters. The lowest BCUT2D eigenvalue weighted by atomic mass is 9.96. The second kappa shape index (κ2) is 7.87. The summed E-state index contributed by atoms with van der Waals surface area (Å²) >= 11 is 0. The molecule has 21 heavy (non-hydrogen) atoms. The summed E-state index contributed by atoms with van der Waals surface area (Å²) in [4.78, 5) is 0. The second-order valence-corrected chi connectivity index (χ2v) is 7.50. The highest BCUT2D eigenvalue weighted by atomic mass is 32.2. The lowest BCUT2D eigenvalue weighted by Gasteiger charge is -2.22. The van der Waals surface area contributed by atoms with Crippen molar-refractivity contribution in [3.8, 4) is 0 Å². The molecule has 1 saturated heterocycles. The molecule has 1 aliphatic rings. The minimum atomic E-state index is -3.20. The largest absolute Gasteiger partial charge is 0.317 e. The Bertz CT molecular complexity index is 525. The van der Waals surface area contributed by atoms with Gasteiger partial charge in [-0.15, -0.1) is 0 Å². The molecule has 0 aliphatic carbocycles. The molecule has 0 atom stereocenters. The van der Waals surface area contributed by atoms with Gasteiger partial charge in [-0.2, -0.15) is 0 Å². The van der Waals surface area contributed by atoms with Gasteiger partial charge in [0, 0.05) is 6.54 Å². The van der Waals surface area contributed by atoms with Crippen LogP contribution < -0.4 is 10.0 Å². The first-order chi connectivity index (χ1) is 10.1. The summed E-state index contributed by atoms with van der Waals surface area (Å²) in [6, 6.07) is 6.14. The zero-order valence-electron chi connectivity index (χ0n) is 12.1. The van der Waals surface area contributed by atoms with Crippen molar-refractivity contribution in [1.29, 1.82) is 0 Å². The Labute approximate surface area is 126 Å². The maximum atomic E-state index is 12.8. The molecule has 2 N–H and O–H groups in total. The predicted molar refractivity (Wildman–Crippen MR) is 82.1 cm³/mol. The van der Waals surface area contributed by atoms with Crippen molar-refractivity contribution < 1.29 is 12.8 Å². The molecule has 6 heteroatoms. The molecule has 0 saturated carbocycles. The number of hydrogen-bond donors (Lipinski definition) is 2. The standard InChI is InChI=1S/C15H23FN2O2S/c16-15-3-1-13(2-4-15)7-11-18-21(19,20)12-8-14-5-9-17-10-6-14/h1-4,14,17-18H,5-12H2. The van der Waals surface area contributed by atoms with E-state index in [1.807, 2.05) is 0 Å². The van der Waals surface area contributed by atoms with Crippen molar-refractivity contribution in [1.82, 2.24) is 10.0 Å². The first-order valence-corrected chi connectivity index (χ1v) is 9.13. The molecular formula is C15H23FN2O2S. The summed E-state index contributed by atoms with van der Waals surface area (Å²) in [7, 11) is -3.20. The summed E-state index contributed by atoms with van der Waals surface area (Å²) in [5.41, 5.74) is 0.928. The molecule has 118 valence electrons. The number of hydrogen-bond acceptors (Lipinski definition) is 3. The van der Waals surface area contributed by atoms with Gasteiger partial charge in [0.15, 0.2) is 0 Å². The third-order valence-electron chi connectivity index (χ3n) is 3.90. The smallest absolute Gasteiger partial charge is 0.211 e. The Morgan fingerprint density at radius 2 is 1.86 bits per heavy atom. The molecule has 0 amide bonds. The van der Waals surface area contributed by atoms with Crippen LogP contribution in [0.1, 0.15) is 24.8 Å². The van der Waals surface area contributed by atoms with E-state index in [4.69, 9.17) is 0 Å². The fourth-order valence-electron chi connectivity index (χ4n) is 2.57. The summed E-state index contributed by atoms with van der Waals surface area (Å²) in [5.74, 6) is 0.433. The number of halogens is 1. The number of piperidine rings is 1. The van der Waals surface area contributed by atoms with Crippen molar-refractivity contribution in [2.75, 3.05) is 25.4 Å². The first-order valence-electron chi connectivity index (χ1n) is 7.48. The predicted octanol–water partition coefficient (Wildman–Crippen LogP) is 1.68. The van der Waals surface area contributed by atoms with E-state index in [2.05, 4.69) is 10.0 Å². The van der Waals surface area contributed by atoms with Gasteiger partial charge < -0.3 is 5.32 Å². The van der Waals surface area contributed by atoms with E-state index in [0.29, 0.717) is 18.9 Å². The van der Waals surface area contributed by atoms with Gasteiger partial charge in [-0.05, 0) is 62.4 Å². The SMILES string of the molecule is O=S(=O)(CCC1CCNCC1)NCCc1ccc(F)cc1. The lowest BCUT2D eigenvalue weighted by Crippen LogP contribution is -2.32. The molecule has 0 aromatic heterocycles. The normalized spacial score (nSPS) is 17.0.